The molecular formula is C11H19NO2. The molecule has 0 aromatic carbocycles. The number of hydrogen-bond acceptors (Lipinski definition) is 2. The van der Waals surface area contributed by atoms with E-state index in [1.54, 1.807) is 0 Å². The van der Waals surface area contributed by atoms with Crippen molar-refractivity contribution in [2.24, 2.45) is 5.92 Å². The first-order valence-electron chi connectivity index (χ1n) is 5.23. The Labute approximate surface area is 85.4 Å². The van der Waals surface area contributed by atoms with Gasteiger partial charge in [-0.25, -0.2) is 4.79 Å². The average Bonchev–Trinajstić information content (AvgIpc) is 2.31. The predicted octanol–water partition coefficient (Wildman–Crippen LogP) is 1.75. The molecule has 0 saturated carbocycles. The molecule has 0 aromatic heterocycles. The second-order valence-corrected chi connectivity index (χ2v) is 4.22. The second-order valence-electron chi connectivity index (χ2n) is 4.22. The quantitative estimate of drug-likeness (QED) is 0.701. The number of rotatable bonds is 3. The van der Waals surface area contributed by atoms with Crippen LogP contribution in [0, 0.1) is 5.92 Å². The van der Waals surface area contributed by atoms with Gasteiger partial charge in [-0.1, -0.05) is 13.5 Å². The fourth-order valence-corrected chi connectivity index (χ4v) is 1.82. The minimum Gasteiger partial charge on any atom is -0.478 e. The largest absolute Gasteiger partial charge is 0.478 e. The van der Waals surface area contributed by atoms with Gasteiger partial charge in [0.15, 0.2) is 0 Å². The van der Waals surface area contributed by atoms with Crippen molar-refractivity contribution in [3.63, 3.8) is 0 Å². The van der Waals surface area contributed by atoms with E-state index in [4.69, 9.17) is 5.11 Å². The number of nitrogens with zero attached hydrogens (tertiary/aromatic N) is 1. The summed E-state index contributed by atoms with van der Waals surface area (Å²) in [6.45, 7) is 8.35. The zero-order chi connectivity index (χ0) is 10.6. The summed E-state index contributed by atoms with van der Waals surface area (Å²) in [6, 6.07) is 0. The molecule has 0 aromatic rings. The van der Waals surface area contributed by atoms with E-state index in [1.807, 2.05) is 0 Å². The van der Waals surface area contributed by atoms with Crippen molar-refractivity contribution in [2.75, 3.05) is 19.6 Å². The normalized spacial score (nSPS) is 24.2. The SMILES string of the molecule is C=C(CN1CCCC(C)CC1)C(=O)O. The highest BCUT2D eigenvalue weighted by Crippen LogP contribution is 2.16. The zero-order valence-electron chi connectivity index (χ0n) is 8.83. The van der Waals surface area contributed by atoms with Crippen LogP contribution >= 0.6 is 0 Å². The van der Waals surface area contributed by atoms with Crippen molar-refractivity contribution >= 4 is 5.97 Å². The molecule has 1 aliphatic rings. The average molecular weight is 197 g/mol. The summed E-state index contributed by atoms with van der Waals surface area (Å²) in [6.07, 6.45) is 3.61. The highest BCUT2D eigenvalue weighted by molar-refractivity contribution is 5.86. The van der Waals surface area contributed by atoms with Crippen LogP contribution in [0.4, 0.5) is 0 Å². The first-order chi connectivity index (χ1) is 6.59. The van der Waals surface area contributed by atoms with Crippen molar-refractivity contribution < 1.29 is 9.90 Å². The molecule has 14 heavy (non-hydrogen) atoms. The van der Waals surface area contributed by atoms with Crippen LogP contribution in [-0.2, 0) is 4.79 Å². The summed E-state index contributed by atoms with van der Waals surface area (Å²) in [5, 5.41) is 8.71. The molecule has 1 rings (SSSR count). The van der Waals surface area contributed by atoms with Gasteiger partial charge in [-0.3, -0.25) is 4.90 Å². The number of carboxylic acid groups (broad SMARTS) is 1. The van der Waals surface area contributed by atoms with Crippen LogP contribution in [0.25, 0.3) is 0 Å². The lowest BCUT2D eigenvalue weighted by Crippen LogP contribution is -2.28. The van der Waals surface area contributed by atoms with Crippen LogP contribution in [0.3, 0.4) is 0 Å². The third-order valence-corrected chi connectivity index (χ3v) is 2.83. The molecule has 0 bridgehead atoms. The monoisotopic (exact) mass is 197 g/mol. The molecule has 1 atom stereocenters. The third kappa shape index (κ3) is 3.50. The smallest absolute Gasteiger partial charge is 0.332 e. The lowest BCUT2D eigenvalue weighted by molar-refractivity contribution is -0.132. The van der Waals surface area contributed by atoms with Crippen LogP contribution in [0.15, 0.2) is 12.2 Å². The minimum absolute atomic E-state index is 0.305. The van der Waals surface area contributed by atoms with Gasteiger partial charge in [0.25, 0.3) is 0 Å². The van der Waals surface area contributed by atoms with Crippen LogP contribution in [0.1, 0.15) is 26.2 Å². The van der Waals surface area contributed by atoms with Gasteiger partial charge in [0.1, 0.15) is 0 Å². The van der Waals surface area contributed by atoms with Gasteiger partial charge in [-0.2, -0.15) is 0 Å². The molecule has 1 fully saturated rings. The van der Waals surface area contributed by atoms with Gasteiger partial charge in [-0.05, 0) is 38.3 Å². The Morgan fingerprint density at radius 1 is 1.50 bits per heavy atom. The Morgan fingerprint density at radius 3 is 2.86 bits per heavy atom. The van der Waals surface area contributed by atoms with Crippen LogP contribution < -0.4 is 0 Å². The van der Waals surface area contributed by atoms with Crippen molar-refractivity contribution in [2.45, 2.75) is 26.2 Å². The van der Waals surface area contributed by atoms with Gasteiger partial charge in [0.2, 0.25) is 0 Å². The Balaban J connectivity index is 2.37. The first-order valence-corrected chi connectivity index (χ1v) is 5.23. The molecule has 1 heterocycles. The van der Waals surface area contributed by atoms with E-state index in [-0.39, 0.29) is 0 Å². The van der Waals surface area contributed by atoms with Crippen LogP contribution in [-0.4, -0.2) is 35.6 Å². The summed E-state index contributed by atoms with van der Waals surface area (Å²) in [5.74, 6) is -0.0969. The molecule has 0 radical (unpaired) electrons. The lowest BCUT2D eigenvalue weighted by atomic mass is 10.0. The van der Waals surface area contributed by atoms with E-state index in [2.05, 4.69) is 18.4 Å². The van der Waals surface area contributed by atoms with E-state index in [0.29, 0.717) is 12.1 Å². The van der Waals surface area contributed by atoms with Gasteiger partial charge in [0.05, 0.1) is 0 Å². The Bertz CT molecular complexity index is 225. The van der Waals surface area contributed by atoms with Gasteiger partial charge >= 0.3 is 5.97 Å². The summed E-state index contributed by atoms with van der Waals surface area (Å²) in [4.78, 5) is 12.8. The molecule has 0 amide bonds. The Kier molecular flexibility index (Phi) is 4.14. The van der Waals surface area contributed by atoms with Gasteiger partial charge < -0.3 is 5.11 Å². The fourth-order valence-electron chi connectivity index (χ4n) is 1.82. The molecule has 0 spiro atoms. The summed E-state index contributed by atoms with van der Waals surface area (Å²) < 4.78 is 0. The van der Waals surface area contributed by atoms with E-state index < -0.39 is 5.97 Å². The van der Waals surface area contributed by atoms with Crippen molar-refractivity contribution in [1.29, 1.82) is 0 Å². The predicted molar refractivity (Wildman–Crippen MR) is 56.2 cm³/mol. The maximum Gasteiger partial charge on any atom is 0.332 e. The van der Waals surface area contributed by atoms with Gasteiger partial charge in [-0.15, -0.1) is 0 Å². The highest BCUT2D eigenvalue weighted by Gasteiger charge is 2.15. The number of hydrogen-bond donors (Lipinski definition) is 1. The Hall–Kier alpha value is -0.830. The van der Waals surface area contributed by atoms with E-state index >= 15 is 0 Å². The third-order valence-electron chi connectivity index (χ3n) is 2.83. The van der Waals surface area contributed by atoms with Crippen molar-refractivity contribution in [3.8, 4) is 0 Å². The lowest BCUT2D eigenvalue weighted by Gasteiger charge is -2.19. The zero-order valence-corrected chi connectivity index (χ0v) is 8.83. The molecule has 1 saturated heterocycles. The fraction of sp³-hybridized carbons (Fsp3) is 0.727. The van der Waals surface area contributed by atoms with Crippen molar-refractivity contribution in [1.82, 2.24) is 4.90 Å². The first kappa shape index (κ1) is 11.2. The number of carbonyl (C=O) groups is 1. The molecule has 1 aliphatic heterocycles. The maximum absolute atomic E-state index is 10.6. The molecule has 3 heteroatoms. The number of likely N-dealkylation sites (tertiary alicyclic amines) is 1. The summed E-state index contributed by atoms with van der Waals surface area (Å²) >= 11 is 0. The topological polar surface area (TPSA) is 40.5 Å². The molecule has 1 N–H and O–H groups in total. The molecule has 3 nitrogen and oxygen atoms in total. The molecule has 1 unspecified atom stereocenters. The number of aliphatic carboxylic acids is 1. The maximum atomic E-state index is 10.6. The second kappa shape index (κ2) is 5.15. The molecule has 80 valence electrons. The minimum atomic E-state index is -0.873. The van der Waals surface area contributed by atoms with Crippen molar-refractivity contribution in [3.05, 3.63) is 12.2 Å². The van der Waals surface area contributed by atoms with E-state index in [9.17, 15) is 4.79 Å². The summed E-state index contributed by atoms with van der Waals surface area (Å²) in [7, 11) is 0. The van der Waals surface area contributed by atoms with Crippen LogP contribution in [0.2, 0.25) is 0 Å². The highest BCUT2D eigenvalue weighted by atomic mass is 16.4. The molecule has 0 aliphatic carbocycles. The van der Waals surface area contributed by atoms with E-state index in [1.165, 1.54) is 19.3 Å². The standard InChI is InChI=1S/C11H19NO2/c1-9-4-3-6-12(7-5-9)8-10(2)11(13)14/h9H,2-8H2,1H3,(H,13,14). The van der Waals surface area contributed by atoms with Gasteiger partial charge in [0, 0.05) is 12.1 Å². The molecular weight excluding hydrogens is 178 g/mol. The number of carboxylic acids is 1. The van der Waals surface area contributed by atoms with Crippen LogP contribution in [0.5, 0.6) is 0 Å². The summed E-state index contributed by atoms with van der Waals surface area (Å²) in [5.41, 5.74) is 0.305. The Morgan fingerprint density at radius 2 is 2.21 bits per heavy atom. The van der Waals surface area contributed by atoms with E-state index in [0.717, 1.165) is 19.0 Å².